The molecule has 0 saturated carbocycles. The molecule has 0 bridgehead atoms. The Balaban J connectivity index is 2.88. The van der Waals surface area contributed by atoms with Crippen molar-refractivity contribution < 1.29 is 19.8 Å². The molecular formula is C14H12O4. The Labute approximate surface area is 103 Å². The maximum atomic E-state index is 11.5. The highest BCUT2D eigenvalue weighted by atomic mass is 16.3. The molecule has 2 aromatic rings. The van der Waals surface area contributed by atoms with Crippen molar-refractivity contribution in [3.63, 3.8) is 0 Å². The second-order valence-corrected chi connectivity index (χ2v) is 4.16. The Bertz CT molecular complexity index is 671. The highest BCUT2D eigenvalue weighted by molar-refractivity contribution is 6.11. The first-order chi connectivity index (χ1) is 8.41. The Morgan fingerprint density at radius 3 is 2.17 bits per heavy atom. The van der Waals surface area contributed by atoms with Crippen LogP contribution in [0.4, 0.5) is 0 Å². The highest BCUT2D eigenvalue weighted by Gasteiger charge is 2.15. The fourth-order valence-corrected chi connectivity index (χ4v) is 2.00. The Morgan fingerprint density at radius 2 is 1.61 bits per heavy atom. The van der Waals surface area contributed by atoms with Crippen molar-refractivity contribution in [2.45, 2.75) is 13.8 Å². The molecule has 0 fully saturated rings. The molecule has 0 heterocycles. The summed E-state index contributed by atoms with van der Waals surface area (Å²) in [6, 6.07) is 5.85. The van der Waals surface area contributed by atoms with Gasteiger partial charge in [-0.15, -0.1) is 0 Å². The van der Waals surface area contributed by atoms with Gasteiger partial charge in [-0.25, -0.2) is 0 Å². The molecule has 0 atom stereocenters. The van der Waals surface area contributed by atoms with E-state index in [2.05, 4.69) is 0 Å². The summed E-state index contributed by atoms with van der Waals surface area (Å²) in [4.78, 5) is 22.8. The molecule has 4 nitrogen and oxygen atoms in total. The summed E-state index contributed by atoms with van der Waals surface area (Å²) >= 11 is 0. The van der Waals surface area contributed by atoms with E-state index in [0.29, 0.717) is 10.8 Å². The molecule has 0 aliphatic heterocycles. The van der Waals surface area contributed by atoms with E-state index < -0.39 is 0 Å². The maximum absolute atomic E-state index is 11.5. The molecule has 2 N–H and O–H groups in total. The lowest BCUT2D eigenvalue weighted by atomic mass is 9.97. The van der Waals surface area contributed by atoms with Gasteiger partial charge in [0.1, 0.15) is 11.5 Å². The molecule has 0 spiro atoms. The number of hydrogen-bond donors (Lipinski definition) is 2. The van der Waals surface area contributed by atoms with Crippen LogP contribution in [-0.4, -0.2) is 21.8 Å². The minimum atomic E-state index is -0.298. The fourth-order valence-electron chi connectivity index (χ4n) is 2.00. The van der Waals surface area contributed by atoms with E-state index in [4.69, 9.17) is 0 Å². The van der Waals surface area contributed by atoms with Gasteiger partial charge in [0, 0.05) is 0 Å². The van der Waals surface area contributed by atoms with Gasteiger partial charge in [0.05, 0.1) is 11.1 Å². The first-order valence-corrected chi connectivity index (χ1v) is 5.42. The molecule has 0 radical (unpaired) electrons. The van der Waals surface area contributed by atoms with Gasteiger partial charge in [-0.1, -0.05) is 6.07 Å². The van der Waals surface area contributed by atoms with Gasteiger partial charge in [-0.05, 0) is 42.8 Å². The van der Waals surface area contributed by atoms with Crippen molar-refractivity contribution in [1.29, 1.82) is 0 Å². The second kappa shape index (κ2) is 4.14. The number of benzene rings is 2. The van der Waals surface area contributed by atoms with Gasteiger partial charge in [0.15, 0.2) is 11.6 Å². The molecule has 2 rings (SSSR count). The number of Topliss-reactive ketones (excluding diaryl/α,β-unsaturated/α-hetero) is 2. The molecule has 0 aliphatic carbocycles. The van der Waals surface area contributed by atoms with Crippen LogP contribution in [0.5, 0.6) is 11.5 Å². The summed E-state index contributed by atoms with van der Waals surface area (Å²) in [5.41, 5.74) is 0.348. The van der Waals surface area contributed by atoms with Crippen LogP contribution in [0.25, 0.3) is 10.8 Å². The molecule has 0 aliphatic rings. The minimum Gasteiger partial charge on any atom is -0.507 e. The number of rotatable bonds is 2. The number of carbonyl (C=O) groups excluding carboxylic acids is 2. The van der Waals surface area contributed by atoms with E-state index in [-0.39, 0.29) is 34.2 Å². The number of ketones is 2. The largest absolute Gasteiger partial charge is 0.507 e. The summed E-state index contributed by atoms with van der Waals surface area (Å²) in [5, 5.41) is 20.5. The lowest BCUT2D eigenvalue weighted by Crippen LogP contribution is -1.97. The van der Waals surface area contributed by atoms with Crippen LogP contribution in [0.1, 0.15) is 34.6 Å². The predicted molar refractivity (Wildman–Crippen MR) is 67.3 cm³/mol. The minimum absolute atomic E-state index is 0.134. The predicted octanol–water partition coefficient (Wildman–Crippen LogP) is 2.66. The topological polar surface area (TPSA) is 74.6 Å². The van der Waals surface area contributed by atoms with E-state index in [9.17, 15) is 19.8 Å². The smallest absolute Gasteiger partial charge is 0.164 e. The van der Waals surface area contributed by atoms with Crippen molar-refractivity contribution in [2.75, 3.05) is 0 Å². The second-order valence-electron chi connectivity index (χ2n) is 4.16. The summed E-state index contributed by atoms with van der Waals surface area (Å²) in [6.07, 6.45) is 0. The first kappa shape index (κ1) is 12.1. The maximum Gasteiger partial charge on any atom is 0.164 e. The molecule has 0 unspecified atom stereocenters. The Morgan fingerprint density at radius 1 is 0.944 bits per heavy atom. The van der Waals surface area contributed by atoms with Gasteiger partial charge < -0.3 is 10.2 Å². The van der Waals surface area contributed by atoms with E-state index in [1.165, 1.54) is 32.0 Å². The van der Waals surface area contributed by atoms with Crippen LogP contribution in [0.15, 0.2) is 24.3 Å². The molecule has 0 aromatic heterocycles. The van der Waals surface area contributed by atoms with Crippen molar-refractivity contribution >= 4 is 22.3 Å². The fraction of sp³-hybridized carbons (Fsp3) is 0.143. The Hall–Kier alpha value is -2.36. The molecule has 2 aromatic carbocycles. The van der Waals surface area contributed by atoms with Crippen molar-refractivity contribution in [3.05, 3.63) is 35.4 Å². The average molecular weight is 244 g/mol. The zero-order chi connectivity index (χ0) is 13.4. The summed E-state index contributed by atoms with van der Waals surface area (Å²) in [6.45, 7) is 2.69. The first-order valence-electron chi connectivity index (χ1n) is 5.42. The number of hydrogen-bond acceptors (Lipinski definition) is 4. The number of aromatic hydroxyl groups is 2. The van der Waals surface area contributed by atoms with Gasteiger partial charge >= 0.3 is 0 Å². The van der Waals surface area contributed by atoms with E-state index in [1.807, 2.05) is 0 Å². The molecule has 4 heteroatoms. The van der Waals surface area contributed by atoms with Crippen molar-refractivity contribution in [3.8, 4) is 11.5 Å². The van der Waals surface area contributed by atoms with Gasteiger partial charge in [-0.2, -0.15) is 0 Å². The zero-order valence-electron chi connectivity index (χ0n) is 10.0. The van der Waals surface area contributed by atoms with Crippen molar-refractivity contribution in [1.82, 2.24) is 0 Å². The molecule has 0 amide bonds. The van der Waals surface area contributed by atoms with Crippen LogP contribution < -0.4 is 0 Å². The normalized spacial score (nSPS) is 10.6. The van der Waals surface area contributed by atoms with Gasteiger partial charge in [0.2, 0.25) is 0 Å². The lowest BCUT2D eigenvalue weighted by molar-refractivity contribution is 0.100. The van der Waals surface area contributed by atoms with E-state index in [0.717, 1.165) is 0 Å². The van der Waals surface area contributed by atoms with E-state index in [1.54, 1.807) is 6.07 Å². The highest BCUT2D eigenvalue weighted by Crippen LogP contribution is 2.32. The van der Waals surface area contributed by atoms with Crippen LogP contribution in [-0.2, 0) is 0 Å². The standard InChI is InChI=1S/C14H12O4/c1-7(15)10-5-9-3-4-12(17)14(8(2)16)11(9)6-13(10)18/h3-6,17-18H,1-2H3. The third kappa shape index (κ3) is 1.82. The monoisotopic (exact) mass is 244 g/mol. The number of carbonyl (C=O) groups is 2. The summed E-state index contributed by atoms with van der Waals surface area (Å²) in [5.74, 6) is -0.881. The van der Waals surface area contributed by atoms with Crippen LogP contribution in [0.3, 0.4) is 0 Å². The van der Waals surface area contributed by atoms with E-state index >= 15 is 0 Å². The quantitative estimate of drug-likeness (QED) is 0.796. The number of phenolic OH excluding ortho intramolecular Hbond substituents is 2. The number of fused-ring (bicyclic) bond motifs is 1. The van der Waals surface area contributed by atoms with Crippen LogP contribution in [0, 0.1) is 0 Å². The molecule has 92 valence electrons. The summed E-state index contributed by atoms with van der Waals surface area (Å²) < 4.78 is 0. The van der Waals surface area contributed by atoms with Crippen molar-refractivity contribution in [2.24, 2.45) is 0 Å². The third-order valence-corrected chi connectivity index (χ3v) is 2.85. The molecule has 0 saturated heterocycles. The van der Waals surface area contributed by atoms with Crippen LogP contribution in [0.2, 0.25) is 0 Å². The SMILES string of the molecule is CC(=O)c1cc2ccc(O)c(C(C)=O)c2cc1O. The average Bonchev–Trinajstić information content (AvgIpc) is 2.26. The zero-order valence-corrected chi connectivity index (χ0v) is 10.0. The lowest BCUT2D eigenvalue weighted by Gasteiger charge is -2.09. The molecule has 18 heavy (non-hydrogen) atoms. The molecular weight excluding hydrogens is 232 g/mol. The Kier molecular flexibility index (Phi) is 2.79. The third-order valence-electron chi connectivity index (χ3n) is 2.85. The number of phenols is 2. The van der Waals surface area contributed by atoms with Crippen LogP contribution >= 0.6 is 0 Å². The van der Waals surface area contributed by atoms with Gasteiger partial charge in [0.25, 0.3) is 0 Å². The summed E-state index contributed by atoms with van der Waals surface area (Å²) in [7, 11) is 0. The van der Waals surface area contributed by atoms with Gasteiger partial charge in [-0.3, -0.25) is 9.59 Å².